The number of hydrogen-bond acceptors (Lipinski definition) is 4. The van der Waals surface area contributed by atoms with Crippen molar-refractivity contribution in [1.29, 1.82) is 0 Å². The summed E-state index contributed by atoms with van der Waals surface area (Å²) in [5.41, 5.74) is 8.05. The fraction of sp³-hybridized carbons (Fsp3) is 0.316. The van der Waals surface area contributed by atoms with E-state index in [1.54, 1.807) is 18.2 Å². The molecule has 3 N–H and O–H groups in total. The highest BCUT2D eigenvalue weighted by atomic mass is 16.5. The smallest absolute Gasteiger partial charge is 0.265 e. The second kappa shape index (κ2) is 6.83. The summed E-state index contributed by atoms with van der Waals surface area (Å²) < 4.78 is 11.5. The van der Waals surface area contributed by atoms with Crippen LogP contribution in [0.1, 0.15) is 19.4 Å². The van der Waals surface area contributed by atoms with Crippen molar-refractivity contribution < 1.29 is 14.3 Å². The second-order valence-electron chi connectivity index (χ2n) is 6.40. The maximum Gasteiger partial charge on any atom is 0.265 e. The van der Waals surface area contributed by atoms with Crippen molar-refractivity contribution in [2.75, 3.05) is 17.7 Å². The first-order chi connectivity index (χ1) is 11.5. The molecule has 1 unspecified atom stereocenters. The maximum absolute atomic E-state index is 12.2. The molecule has 0 radical (unpaired) electrons. The molecular weight excluding hydrogens is 304 g/mol. The Morgan fingerprint density at radius 2 is 1.96 bits per heavy atom. The molecule has 1 heterocycles. The molecule has 0 saturated heterocycles. The third kappa shape index (κ3) is 3.79. The normalized spacial score (nSPS) is 16.3. The largest absolute Gasteiger partial charge is 0.493 e. The number of ether oxygens (including phenoxy) is 2. The molecule has 0 bridgehead atoms. The maximum atomic E-state index is 12.2. The summed E-state index contributed by atoms with van der Waals surface area (Å²) in [5, 5.41) is 2.86. The summed E-state index contributed by atoms with van der Waals surface area (Å²) in [4.78, 5) is 12.2. The Morgan fingerprint density at radius 1 is 1.21 bits per heavy atom. The van der Waals surface area contributed by atoms with Gasteiger partial charge in [0.15, 0.2) is 6.10 Å². The van der Waals surface area contributed by atoms with Crippen LogP contribution in [0.25, 0.3) is 0 Å². The summed E-state index contributed by atoms with van der Waals surface area (Å²) in [5.74, 6) is 1.78. The highest BCUT2D eigenvalue weighted by molar-refractivity contribution is 5.98. The topological polar surface area (TPSA) is 73.6 Å². The van der Waals surface area contributed by atoms with Crippen LogP contribution in [0, 0.1) is 5.92 Å². The molecule has 24 heavy (non-hydrogen) atoms. The third-order valence-corrected chi connectivity index (χ3v) is 3.75. The molecule has 0 spiro atoms. The summed E-state index contributed by atoms with van der Waals surface area (Å²) >= 11 is 0. The Bertz CT molecular complexity index is 726. The van der Waals surface area contributed by atoms with Gasteiger partial charge in [0.05, 0.1) is 12.3 Å². The van der Waals surface area contributed by atoms with Crippen LogP contribution in [-0.2, 0) is 11.2 Å². The van der Waals surface area contributed by atoms with Crippen molar-refractivity contribution in [1.82, 2.24) is 0 Å². The number of nitrogens with two attached hydrogens (primary N) is 1. The average Bonchev–Trinajstić information content (AvgIpc) is 2.55. The van der Waals surface area contributed by atoms with Crippen molar-refractivity contribution in [3.05, 3.63) is 48.0 Å². The number of carbonyl (C=O) groups is 1. The van der Waals surface area contributed by atoms with Gasteiger partial charge in [-0.05, 0) is 35.7 Å². The first kappa shape index (κ1) is 16.2. The number of nitrogen functional groups attached to an aromatic ring is 1. The van der Waals surface area contributed by atoms with Gasteiger partial charge >= 0.3 is 0 Å². The predicted octanol–water partition coefficient (Wildman–Crippen LogP) is 3.25. The van der Waals surface area contributed by atoms with Crippen molar-refractivity contribution in [2.45, 2.75) is 26.4 Å². The number of nitrogens with one attached hydrogen (secondary N) is 1. The van der Waals surface area contributed by atoms with E-state index in [0.29, 0.717) is 36.1 Å². The lowest BCUT2D eigenvalue weighted by Crippen LogP contribution is -2.38. The minimum Gasteiger partial charge on any atom is -0.493 e. The average molecular weight is 326 g/mol. The van der Waals surface area contributed by atoms with Crippen LogP contribution in [0.2, 0.25) is 0 Å². The lowest BCUT2D eigenvalue weighted by molar-refractivity contribution is -0.123. The number of anilines is 2. The van der Waals surface area contributed by atoms with E-state index in [1.807, 2.05) is 24.3 Å². The highest BCUT2D eigenvalue weighted by Gasteiger charge is 2.27. The Labute approximate surface area is 141 Å². The third-order valence-electron chi connectivity index (χ3n) is 3.75. The van der Waals surface area contributed by atoms with E-state index in [1.165, 1.54) is 0 Å². The number of rotatable bonds is 5. The van der Waals surface area contributed by atoms with E-state index < -0.39 is 6.10 Å². The molecule has 5 heteroatoms. The van der Waals surface area contributed by atoms with Crippen LogP contribution in [0.3, 0.4) is 0 Å². The molecule has 1 aliphatic rings. The highest BCUT2D eigenvalue weighted by Crippen LogP contribution is 2.32. The predicted molar refractivity (Wildman–Crippen MR) is 94.4 cm³/mol. The lowest BCUT2D eigenvalue weighted by Gasteiger charge is -2.26. The van der Waals surface area contributed by atoms with Crippen LogP contribution >= 0.6 is 0 Å². The SMILES string of the molecule is CC(C)COc1ccc(CC2Oc3cc(N)ccc3NC2=O)cc1. The van der Waals surface area contributed by atoms with Gasteiger partial charge in [0.2, 0.25) is 0 Å². The fourth-order valence-electron chi connectivity index (χ4n) is 2.49. The molecule has 1 amide bonds. The second-order valence-corrected chi connectivity index (χ2v) is 6.40. The first-order valence-corrected chi connectivity index (χ1v) is 8.10. The number of benzene rings is 2. The van der Waals surface area contributed by atoms with E-state index in [4.69, 9.17) is 15.2 Å². The Kier molecular flexibility index (Phi) is 4.60. The van der Waals surface area contributed by atoms with Gasteiger partial charge in [0.25, 0.3) is 5.91 Å². The van der Waals surface area contributed by atoms with E-state index in [0.717, 1.165) is 11.3 Å². The molecule has 2 aromatic rings. The minimum absolute atomic E-state index is 0.146. The number of fused-ring (bicyclic) bond motifs is 1. The van der Waals surface area contributed by atoms with Gasteiger partial charge in [0.1, 0.15) is 11.5 Å². The zero-order valence-electron chi connectivity index (χ0n) is 13.9. The number of carbonyl (C=O) groups excluding carboxylic acids is 1. The molecule has 126 valence electrons. The molecular formula is C19H22N2O3. The van der Waals surface area contributed by atoms with Crippen LogP contribution in [0.5, 0.6) is 11.5 Å². The van der Waals surface area contributed by atoms with Crippen molar-refractivity contribution in [2.24, 2.45) is 5.92 Å². The van der Waals surface area contributed by atoms with Gasteiger partial charge < -0.3 is 20.5 Å². The van der Waals surface area contributed by atoms with Gasteiger partial charge in [0, 0.05) is 18.2 Å². The zero-order valence-corrected chi connectivity index (χ0v) is 13.9. The summed E-state index contributed by atoms with van der Waals surface area (Å²) in [6.07, 6.45) is -0.0772. The van der Waals surface area contributed by atoms with Crippen LogP contribution in [0.4, 0.5) is 11.4 Å². The number of amides is 1. The molecule has 3 rings (SSSR count). The quantitative estimate of drug-likeness (QED) is 0.827. The molecule has 0 saturated carbocycles. The Balaban J connectivity index is 1.66. The van der Waals surface area contributed by atoms with Crippen molar-refractivity contribution in [3.63, 3.8) is 0 Å². The van der Waals surface area contributed by atoms with Gasteiger partial charge in [-0.3, -0.25) is 4.79 Å². The summed E-state index contributed by atoms with van der Waals surface area (Å²) in [7, 11) is 0. The van der Waals surface area contributed by atoms with E-state index in [2.05, 4.69) is 19.2 Å². The monoisotopic (exact) mass is 326 g/mol. The van der Waals surface area contributed by atoms with Crippen LogP contribution in [0.15, 0.2) is 42.5 Å². The first-order valence-electron chi connectivity index (χ1n) is 8.10. The fourth-order valence-corrected chi connectivity index (χ4v) is 2.49. The summed E-state index contributed by atoms with van der Waals surface area (Å²) in [6, 6.07) is 13.0. The molecule has 2 aromatic carbocycles. The standard InChI is InChI=1S/C19H22N2O3/c1-12(2)11-23-15-6-3-13(4-7-15)9-18-19(22)21-16-8-5-14(20)10-17(16)24-18/h3-8,10,12,18H,9,11,20H2,1-2H3,(H,21,22). The van der Waals surface area contributed by atoms with Gasteiger partial charge in [-0.1, -0.05) is 26.0 Å². The van der Waals surface area contributed by atoms with Crippen molar-refractivity contribution in [3.8, 4) is 11.5 Å². The summed E-state index contributed by atoms with van der Waals surface area (Å²) in [6.45, 7) is 4.90. The van der Waals surface area contributed by atoms with Crippen molar-refractivity contribution >= 4 is 17.3 Å². The molecule has 1 atom stereocenters. The van der Waals surface area contributed by atoms with E-state index in [-0.39, 0.29) is 5.91 Å². The zero-order chi connectivity index (χ0) is 17.1. The molecule has 0 aliphatic carbocycles. The Morgan fingerprint density at radius 3 is 2.67 bits per heavy atom. The van der Waals surface area contributed by atoms with Crippen LogP contribution in [-0.4, -0.2) is 18.6 Å². The van der Waals surface area contributed by atoms with Gasteiger partial charge in [-0.2, -0.15) is 0 Å². The molecule has 5 nitrogen and oxygen atoms in total. The minimum atomic E-state index is -0.568. The Hall–Kier alpha value is -2.69. The lowest BCUT2D eigenvalue weighted by atomic mass is 10.1. The van der Waals surface area contributed by atoms with E-state index >= 15 is 0 Å². The van der Waals surface area contributed by atoms with Gasteiger partial charge in [-0.25, -0.2) is 0 Å². The van der Waals surface area contributed by atoms with Gasteiger partial charge in [-0.15, -0.1) is 0 Å². The van der Waals surface area contributed by atoms with Crippen LogP contribution < -0.4 is 20.5 Å². The molecule has 1 aliphatic heterocycles. The van der Waals surface area contributed by atoms with E-state index in [9.17, 15) is 4.79 Å². The number of hydrogen-bond donors (Lipinski definition) is 2. The molecule has 0 aromatic heterocycles. The molecule has 0 fully saturated rings.